The van der Waals surface area contributed by atoms with Crippen molar-refractivity contribution in [3.8, 4) is 0 Å². The van der Waals surface area contributed by atoms with E-state index in [9.17, 15) is 9.59 Å². The zero-order valence-electron chi connectivity index (χ0n) is 15.1. The van der Waals surface area contributed by atoms with Crippen molar-refractivity contribution in [1.82, 2.24) is 25.1 Å². The van der Waals surface area contributed by atoms with Crippen LogP contribution >= 0.6 is 0 Å². The van der Waals surface area contributed by atoms with Crippen LogP contribution < -0.4 is 5.32 Å². The van der Waals surface area contributed by atoms with Gasteiger partial charge in [0.05, 0.1) is 11.7 Å². The minimum absolute atomic E-state index is 0.137. The van der Waals surface area contributed by atoms with Crippen molar-refractivity contribution in [2.24, 2.45) is 0 Å². The van der Waals surface area contributed by atoms with Crippen LogP contribution in [0.4, 0.5) is 4.79 Å². The van der Waals surface area contributed by atoms with Gasteiger partial charge in [0.1, 0.15) is 11.4 Å². The predicted molar refractivity (Wildman–Crippen MR) is 93.1 cm³/mol. The summed E-state index contributed by atoms with van der Waals surface area (Å²) in [6, 6.07) is -0.00131. The molecule has 1 aliphatic carbocycles. The van der Waals surface area contributed by atoms with Gasteiger partial charge in [0.15, 0.2) is 0 Å². The maximum atomic E-state index is 12.3. The van der Waals surface area contributed by atoms with Crippen LogP contribution in [0, 0.1) is 0 Å². The number of carbonyl (C=O) groups excluding carboxylic acids is 2. The first kappa shape index (κ1) is 16.6. The lowest BCUT2D eigenvalue weighted by atomic mass is 10.0. The molecule has 2 N–H and O–H groups in total. The number of likely N-dealkylation sites (tertiary alicyclic amines) is 1. The monoisotopic (exact) mass is 345 g/mol. The molecule has 1 aromatic heterocycles. The van der Waals surface area contributed by atoms with E-state index in [4.69, 9.17) is 4.98 Å². The molecule has 1 aromatic rings. The van der Waals surface area contributed by atoms with Crippen molar-refractivity contribution < 1.29 is 9.59 Å². The Kier molecular flexibility index (Phi) is 4.06. The van der Waals surface area contributed by atoms with E-state index in [1.54, 1.807) is 13.8 Å². The molecule has 4 rings (SSSR count). The Morgan fingerprint density at radius 3 is 2.68 bits per heavy atom. The largest absolute Gasteiger partial charge is 0.344 e. The average molecular weight is 345 g/mol. The molecular weight excluding hydrogens is 318 g/mol. The minimum atomic E-state index is -0.790. The van der Waals surface area contributed by atoms with Gasteiger partial charge >= 0.3 is 6.03 Å². The number of rotatable bonds is 4. The molecule has 3 heterocycles. The maximum Gasteiger partial charge on any atom is 0.325 e. The highest BCUT2D eigenvalue weighted by atomic mass is 16.2. The third kappa shape index (κ3) is 2.94. The highest BCUT2D eigenvalue weighted by Crippen LogP contribution is 2.32. The first-order valence-electron chi connectivity index (χ1n) is 9.41. The molecule has 25 heavy (non-hydrogen) atoms. The molecule has 2 fully saturated rings. The first-order valence-corrected chi connectivity index (χ1v) is 9.41. The summed E-state index contributed by atoms with van der Waals surface area (Å²) in [7, 11) is 0. The number of carbonyl (C=O) groups is 2. The molecule has 3 aliphatic rings. The highest BCUT2D eigenvalue weighted by molar-refractivity contribution is 6.06. The van der Waals surface area contributed by atoms with Gasteiger partial charge in [-0.3, -0.25) is 14.6 Å². The number of urea groups is 1. The third-order valence-electron chi connectivity index (χ3n) is 5.71. The zero-order valence-corrected chi connectivity index (χ0v) is 15.1. The first-order chi connectivity index (χ1) is 12.0. The Morgan fingerprint density at radius 1 is 1.16 bits per heavy atom. The molecule has 0 aromatic carbocycles. The van der Waals surface area contributed by atoms with Crippen LogP contribution in [0.15, 0.2) is 0 Å². The van der Waals surface area contributed by atoms with Gasteiger partial charge in [-0.25, -0.2) is 9.78 Å². The van der Waals surface area contributed by atoms with Gasteiger partial charge in [-0.15, -0.1) is 0 Å². The van der Waals surface area contributed by atoms with E-state index in [2.05, 4.69) is 15.2 Å². The molecule has 3 amide bonds. The molecule has 7 heteroatoms. The number of imide groups is 1. The lowest BCUT2D eigenvalue weighted by Gasteiger charge is -2.25. The fourth-order valence-corrected chi connectivity index (χ4v) is 4.29. The standard InChI is InChI=1S/C18H27N5O2/c1-18(2)16(24)23(17(25)21-18)11-10-22-9-5-8-14(22)15-19-12-6-3-4-7-13(12)20-15/h14H,3-11H2,1-2H3,(H,19,20)(H,21,25). The summed E-state index contributed by atoms with van der Waals surface area (Å²) in [5.41, 5.74) is 1.76. The number of fused-ring (bicyclic) bond motifs is 1. The maximum absolute atomic E-state index is 12.3. The lowest BCUT2D eigenvalue weighted by Crippen LogP contribution is -2.41. The molecule has 0 bridgehead atoms. The molecule has 0 spiro atoms. The Bertz CT molecular complexity index is 672. The van der Waals surface area contributed by atoms with Crippen LogP contribution in [-0.2, 0) is 17.6 Å². The fraction of sp³-hybridized carbons (Fsp3) is 0.722. The number of aromatic nitrogens is 2. The number of aryl methyl sites for hydroxylation is 2. The topological polar surface area (TPSA) is 81.3 Å². The fourth-order valence-electron chi connectivity index (χ4n) is 4.29. The quantitative estimate of drug-likeness (QED) is 0.815. The molecular formula is C18H27N5O2. The van der Waals surface area contributed by atoms with Crippen molar-refractivity contribution in [3.05, 3.63) is 17.2 Å². The third-order valence-corrected chi connectivity index (χ3v) is 5.71. The molecule has 136 valence electrons. The van der Waals surface area contributed by atoms with E-state index in [1.807, 2.05) is 0 Å². The number of aromatic amines is 1. The molecule has 7 nitrogen and oxygen atoms in total. The molecule has 1 unspecified atom stereocenters. The van der Waals surface area contributed by atoms with E-state index >= 15 is 0 Å². The van der Waals surface area contributed by atoms with Gasteiger partial charge in [-0.05, 0) is 58.9 Å². The number of nitrogens with zero attached hydrogens (tertiary/aromatic N) is 3. The van der Waals surface area contributed by atoms with E-state index in [0.29, 0.717) is 13.1 Å². The molecule has 2 saturated heterocycles. The molecule has 0 radical (unpaired) electrons. The summed E-state index contributed by atoms with van der Waals surface area (Å²) >= 11 is 0. The number of hydrogen-bond donors (Lipinski definition) is 2. The van der Waals surface area contributed by atoms with Crippen LogP contribution in [0.5, 0.6) is 0 Å². The van der Waals surface area contributed by atoms with E-state index in [1.165, 1.54) is 29.1 Å². The molecule has 0 saturated carbocycles. The Morgan fingerprint density at radius 2 is 1.96 bits per heavy atom. The summed E-state index contributed by atoms with van der Waals surface area (Å²) in [4.78, 5) is 36.5. The van der Waals surface area contributed by atoms with Gasteiger partial charge in [0, 0.05) is 18.8 Å². The number of nitrogens with one attached hydrogen (secondary N) is 2. The lowest BCUT2D eigenvalue weighted by molar-refractivity contribution is -0.130. The number of amides is 3. The predicted octanol–water partition coefficient (Wildman–Crippen LogP) is 1.76. The smallest absolute Gasteiger partial charge is 0.325 e. The van der Waals surface area contributed by atoms with Crippen molar-refractivity contribution in [1.29, 1.82) is 0 Å². The van der Waals surface area contributed by atoms with Crippen LogP contribution in [0.1, 0.15) is 62.8 Å². The Hall–Kier alpha value is -1.89. The van der Waals surface area contributed by atoms with E-state index in [0.717, 1.165) is 38.1 Å². The summed E-state index contributed by atoms with van der Waals surface area (Å²) in [5.74, 6) is 0.934. The summed E-state index contributed by atoms with van der Waals surface area (Å²) in [6.45, 7) is 5.62. The van der Waals surface area contributed by atoms with E-state index in [-0.39, 0.29) is 18.0 Å². The van der Waals surface area contributed by atoms with Gasteiger partial charge in [-0.2, -0.15) is 0 Å². The number of H-pyrrole nitrogens is 1. The van der Waals surface area contributed by atoms with Crippen molar-refractivity contribution in [2.75, 3.05) is 19.6 Å². The van der Waals surface area contributed by atoms with Crippen molar-refractivity contribution >= 4 is 11.9 Å². The van der Waals surface area contributed by atoms with E-state index < -0.39 is 5.54 Å². The normalized spacial score (nSPS) is 26.2. The Balaban J connectivity index is 1.43. The number of hydrogen-bond acceptors (Lipinski definition) is 4. The second kappa shape index (κ2) is 6.12. The Labute approximate surface area is 148 Å². The van der Waals surface area contributed by atoms with Crippen LogP contribution in [0.3, 0.4) is 0 Å². The van der Waals surface area contributed by atoms with Gasteiger partial charge in [0.2, 0.25) is 0 Å². The average Bonchev–Trinajstić information content (AvgIpc) is 3.23. The van der Waals surface area contributed by atoms with Crippen LogP contribution in [-0.4, -0.2) is 56.9 Å². The molecule has 2 aliphatic heterocycles. The summed E-state index contributed by atoms with van der Waals surface area (Å²) in [5, 5.41) is 2.74. The molecule has 1 atom stereocenters. The second-order valence-electron chi connectivity index (χ2n) is 7.96. The van der Waals surface area contributed by atoms with Gasteiger partial charge in [0.25, 0.3) is 5.91 Å². The van der Waals surface area contributed by atoms with Crippen LogP contribution in [0.25, 0.3) is 0 Å². The van der Waals surface area contributed by atoms with Crippen molar-refractivity contribution in [3.63, 3.8) is 0 Å². The van der Waals surface area contributed by atoms with Crippen molar-refractivity contribution in [2.45, 2.75) is 64.0 Å². The second-order valence-corrected chi connectivity index (χ2v) is 7.96. The number of imidazole rings is 1. The van der Waals surface area contributed by atoms with Gasteiger partial charge < -0.3 is 10.3 Å². The SMILES string of the molecule is CC1(C)NC(=O)N(CCN2CCCC2c2nc3c([nH]2)CCCC3)C1=O. The summed E-state index contributed by atoms with van der Waals surface area (Å²) < 4.78 is 0. The van der Waals surface area contributed by atoms with Crippen LogP contribution in [0.2, 0.25) is 0 Å². The highest BCUT2D eigenvalue weighted by Gasteiger charge is 2.44. The van der Waals surface area contributed by atoms with Gasteiger partial charge in [-0.1, -0.05) is 0 Å². The zero-order chi connectivity index (χ0) is 17.6. The summed E-state index contributed by atoms with van der Waals surface area (Å²) in [6.07, 6.45) is 6.86. The minimum Gasteiger partial charge on any atom is -0.344 e.